The molecule has 0 aromatic heterocycles. The lowest BCUT2D eigenvalue weighted by Gasteiger charge is -2.37. The Morgan fingerprint density at radius 3 is 2.62 bits per heavy atom. The number of rotatable bonds is 1. The summed E-state index contributed by atoms with van der Waals surface area (Å²) in [5, 5.41) is 9.17. The van der Waals surface area contributed by atoms with Gasteiger partial charge in [-0.25, -0.2) is 0 Å². The second-order valence-corrected chi connectivity index (χ2v) is 4.19. The predicted octanol–water partition coefficient (Wildman–Crippen LogP) is 1.01. The number of hydrogen-bond donors (Lipinski definition) is 1. The molecule has 1 amide bonds. The molecule has 1 saturated heterocycles. The van der Waals surface area contributed by atoms with Crippen LogP contribution in [0.4, 0.5) is 0 Å². The molecule has 0 unspecified atom stereocenters. The topological polar surface area (TPSA) is 40.5 Å². The fraction of sp³-hybridized carbons (Fsp3) is 0.900. The number of carbonyl (C=O) groups excluding carboxylic acids is 1. The van der Waals surface area contributed by atoms with Gasteiger partial charge < -0.3 is 10.0 Å². The normalized spacial score (nSPS) is 31.5. The molecule has 1 rings (SSSR count). The quantitative estimate of drug-likeness (QED) is 0.662. The maximum absolute atomic E-state index is 11.5. The van der Waals surface area contributed by atoms with Crippen molar-refractivity contribution in [2.45, 2.75) is 45.8 Å². The fourth-order valence-electron chi connectivity index (χ4n) is 1.97. The van der Waals surface area contributed by atoms with E-state index in [1.54, 1.807) is 4.90 Å². The Morgan fingerprint density at radius 2 is 2.15 bits per heavy atom. The van der Waals surface area contributed by atoms with Gasteiger partial charge in [-0.05, 0) is 32.6 Å². The van der Waals surface area contributed by atoms with Gasteiger partial charge in [0.15, 0.2) is 0 Å². The summed E-state index contributed by atoms with van der Waals surface area (Å²) in [5.74, 6) is 0.576. The van der Waals surface area contributed by atoms with E-state index < -0.39 is 6.10 Å². The molecule has 3 nitrogen and oxygen atoms in total. The van der Waals surface area contributed by atoms with Crippen LogP contribution in [-0.4, -0.2) is 34.6 Å². The molecule has 76 valence electrons. The van der Waals surface area contributed by atoms with Crippen LogP contribution in [0.1, 0.15) is 33.6 Å². The number of aliphatic hydroxyl groups excluding tert-OH is 1. The highest BCUT2D eigenvalue weighted by Crippen LogP contribution is 2.22. The first-order valence-corrected chi connectivity index (χ1v) is 5.01. The average Bonchev–Trinajstić information content (AvgIpc) is 2.03. The van der Waals surface area contributed by atoms with Crippen LogP contribution < -0.4 is 0 Å². The molecular formula is C10H19NO2. The standard InChI is InChI=1S/C10H19NO2/c1-7-4-5-11(8(2)6-7)10(13)9(3)12/h7-9,12H,4-6H2,1-3H3/t7-,8-,9-/m0/s1. The second-order valence-electron chi connectivity index (χ2n) is 4.19. The van der Waals surface area contributed by atoms with Gasteiger partial charge in [-0.15, -0.1) is 0 Å². The van der Waals surface area contributed by atoms with Crippen LogP contribution in [0.3, 0.4) is 0 Å². The Hall–Kier alpha value is -0.570. The van der Waals surface area contributed by atoms with Crippen molar-refractivity contribution >= 4 is 5.91 Å². The zero-order valence-electron chi connectivity index (χ0n) is 8.66. The van der Waals surface area contributed by atoms with Crippen LogP contribution in [0.15, 0.2) is 0 Å². The molecule has 1 aliphatic rings. The summed E-state index contributed by atoms with van der Waals surface area (Å²) in [7, 11) is 0. The Morgan fingerprint density at radius 1 is 1.54 bits per heavy atom. The summed E-state index contributed by atoms with van der Waals surface area (Å²) in [4.78, 5) is 13.3. The van der Waals surface area contributed by atoms with Crippen LogP contribution in [0.25, 0.3) is 0 Å². The van der Waals surface area contributed by atoms with Crippen molar-refractivity contribution in [3.8, 4) is 0 Å². The smallest absolute Gasteiger partial charge is 0.251 e. The highest BCUT2D eigenvalue weighted by molar-refractivity contribution is 5.80. The van der Waals surface area contributed by atoms with Gasteiger partial charge >= 0.3 is 0 Å². The van der Waals surface area contributed by atoms with E-state index in [1.165, 1.54) is 6.92 Å². The second kappa shape index (κ2) is 4.09. The van der Waals surface area contributed by atoms with Gasteiger partial charge in [-0.3, -0.25) is 4.79 Å². The first-order valence-electron chi connectivity index (χ1n) is 5.01. The van der Waals surface area contributed by atoms with E-state index in [1.807, 2.05) is 0 Å². The molecule has 1 aliphatic heterocycles. The van der Waals surface area contributed by atoms with Crippen LogP contribution in [-0.2, 0) is 4.79 Å². The van der Waals surface area contributed by atoms with Crippen LogP contribution in [0.2, 0.25) is 0 Å². The van der Waals surface area contributed by atoms with Gasteiger partial charge in [0.25, 0.3) is 5.91 Å². The first kappa shape index (κ1) is 10.5. The number of piperidine rings is 1. The Kier molecular flexibility index (Phi) is 3.31. The van der Waals surface area contributed by atoms with Crippen molar-refractivity contribution in [1.82, 2.24) is 4.90 Å². The van der Waals surface area contributed by atoms with E-state index in [2.05, 4.69) is 13.8 Å². The molecule has 0 aromatic rings. The van der Waals surface area contributed by atoms with E-state index >= 15 is 0 Å². The van der Waals surface area contributed by atoms with Crippen molar-refractivity contribution in [2.24, 2.45) is 5.92 Å². The molecule has 1 N–H and O–H groups in total. The Bertz CT molecular complexity index is 191. The molecule has 0 bridgehead atoms. The third-order valence-corrected chi connectivity index (χ3v) is 2.78. The van der Waals surface area contributed by atoms with Crippen LogP contribution in [0, 0.1) is 5.92 Å². The zero-order chi connectivity index (χ0) is 10.0. The van der Waals surface area contributed by atoms with Gasteiger partial charge in [-0.1, -0.05) is 6.92 Å². The summed E-state index contributed by atoms with van der Waals surface area (Å²) < 4.78 is 0. The molecule has 13 heavy (non-hydrogen) atoms. The van der Waals surface area contributed by atoms with Crippen LogP contribution in [0.5, 0.6) is 0 Å². The number of likely N-dealkylation sites (tertiary alicyclic amines) is 1. The van der Waals surface area contributed by atoms with Crippen LogP contribution >= 0.6 is 0 Å². The SMILES string of the molecule is C[C@H]1CCN(C(=O)[C@H](C)O)[C@@H](C)C1. The number of amides is 1. The van der Waals surface area contributed by atoms with Crippen molar-refractivity contribution in [3.63, 3.8) is 0 Å². The molecule has 1 fully saturated rings. The summed E-state index contributed by atoms with van der Waals surface area (Å²) in [6.07, 6.45) is 1.26. The lowest BCUT2D eigenvalue weighted by Crippen LogP contribution is -2.47. The largest absolute Gasteiger partial charge is 0.384 e. The highest BCUT2D eigenvalue weighted by atomic mass is 16.3. The predicted molar refractivity (Wildman–Crippen MR) is 51.3 cm³/mol. The molecule has 0 radical (unpaired) electrons. The van der Waals surface area contributed by atoms with Crippen molar-refractivity contribution in [1.29, 1.82) is 0 Å². The zero-order valence-corrected chi connectivity index (χ0v) is 8.66. The number of nitrogens with zero attached hydrogens (tertiary/aromatic N) is 1. The monoisotopic (exact) mass is 185 g/mol. The minimum absolute atomic E-state index is 0.126. The Labute approximate surface area is 79.7 Å². The highest BCUT2D eigenvalue weighted by Gasteiger charge is 2.28. The summed E-state index contributed by atoms with van der Waals surface area (Å²) in [5.41, 5.74) is 0. The Balaban J connectivity index is 2.56. The maximum atomic E-state index is 11.5. The van der Waals surface area contributed by atoms with Gasteiger partial charge in [0.05, 0.1) is 0 Å². The van der Waals surface area contributed by atoms with Gasteiger partial charge in [0.2, 0.25) is 0 Å². The third-order valence-electron chi connectivity index (χ3n) is 2.78. The molecule has 0 aromatic carbocycles. The summed E-state index contributed by atoms with van der Waals surface area (Å²) in [6.45, 7) is 6.59. The fourth-order valence-corrected chi connectivity index (χ4v) is 1.97. The first-order chi connectivity index (χ1) is 6.02. The third kappa shape index (κ3) is 2.44. The van der Waals surface area contributed by atoms with Gasteiger partial charge in [0.1, 0.15) is 6.10 Å². The van der Waals surface area contributed by atoms with Gasteiger partial charge in [-0.2, -0.15) is 0 Å². The minimum Gasteiger partial charge on any atom is -0.384 e. The van der Waals surface area contributed by atoms with E-state index in [4.69, 9.17) is 5.11 Å². The number of aliphatic hydroxyl groups is 1. The molecule has 1 heterocycles. The molecule has 3 atom stereocenters. The lowest BCUT2D eigenvalue weighted by atomic mass is 9.93. The van der Waals surface area contributed by atoms with Gasteiger partial charge in [0, 0.05) is 12.6 Å². The van der Waals surface area contributed by atoms with E-state index in [9.17, 15) is 4.79 Å². The van der Waals surface area contributed by atoms with E-state index in [-0.39, 0.29) is 11.9 Å². The molecule has 0 aliphatic carbocycles. The lowest BCUT2D eigenvalue weighted by molar-refractivity contribution is -0.143. The summed E-state index contributed by atoms with van der Waals surface area (Å²) in [6, 6.07) is 0.283. The van der Waals surface area contributed by atoms with Crippen molar-refractivity contribution in [2.75, 3.05) is 6.54 Å². The molecule has 3 heteroatoms. The maximum Gasteiger partial charge on any atom is 0.251 e. The summed E-state index contributed by atoms with van der Waals surface area (Å²) >= 11 is 0. The number of hydrogen-bond acceptors (Lipinski definition) is 2. The molecule has 0 spiro atoms. The van der Waals surface area contributed by atoms with E-state index in [0.29, 0.717) is 5.92 Å². The molecular weight excluding hydrogens is 166 g/mol. The number of carbonyl (C=O) groups is 1. The molecule has 0 saturated carbocycles. The average molecular weight is 185 g/mol. The van der Waals surface area contributed by atoms with E-state index in [0.717, 1.165) is 19.4 Å². The minimum atomic E-state index is -0.851. The van der Waals surface area contributed by atoms with Crippen molar-refractivity contribution < 1.29 is 9.90 Å². The van der Waals surface area contributed by atoms with Crippen molar-refractivity contribution in [3.05, 3.63) is 0 Å².